The minimum absolute atomic E-state index is 0.573. The summed E-state index contributed by atoms with van der Waals surface area (Å²) in [4.78, 5) is 9.54. The summed E-state index contributed by atoms with van der Waals surface area (Å²) in [7, 11) is 0. The van der Waals surface area contributed by atoms with Crippen molar-refractivity contribution in [2.45, 2.75) is 92.9 Å². The average Bonchev–Trinajstić information content (AvgIpc) is 3.64. The topological polar surface area (TPSA) is 70.5 Å². The molecule has 0 fully saturated rings. The molecule has 2 aromatic heterocycles. The molecule has 6 nitrogen and oxygen atoms in total. The van der Waals surface area contributed by atoms with Gasteiger partial charge in [-0.1, -0.05) is 66.2 Å². The van der Waals surface area contributed by atoms with Crippen LogP contribution in [0.5, 0.6) is 11.5 Å². The second kappa shape index (κ2) is 14.8. The smallest absolute Gasteiger partial charge is 0.227 e. The summed E-state index contributed by atoms with van der Waals surface area (Å²) in [6, 6.07) is 16.1. The molecule has 234 valence electrons. The highest BCUT2D eigenvalue weighted by Crippen LogP contribution is 2.33. The van der Waals surface area contributed by atoms with Crippen molar-refractivity contribution >= 4 is 22.2 Å². The molecular weight excluding hydrogens is 548 g/mol. The van der Waals surface area contributed by atoms with Crippen LogP contribution in [0.2, 0.25) is 0 Å². The first-order valence-electron chi connectivity index (χ1n) is 16.6. The van der Waals surface area contributed by atoms with E-state index in [2.05, 4.69) is 41.5 Å². The Labute approximate surface area is 262 Å². The van der Waals surface area contributed by atoms with Gasteiger partial charge in [0.25, 0.3) is 0 Å². The van der Waals surface area contributed by atoms with Gasteiger partial charge in [0.05, 0.1) is 13.2 Å². The van der Waals surface area contributed by atoms with Gasteiger partial charge in [0, 0.05) is 23.3 Å². The first-order valence-corrected chi connectivity index (χ1v) is 16.6. The van der Waals surface area contributed by atoms with Crippen molar-refractivity contribution in [2.24, 2.45) is 11.8 Å². The lowest BCUT2D eigenvalue weighted by Gasteiger charge is -2.16. The van der Waals surface area contributed by atoms with E-state index >= 15 is 0 Å². The Balaban J connectivity index is 1.29. The molecule has 0 aliphatic rings. The molecule has 44 heavy (non-hydrogen) atoms. The summed E-state index contributed by atoms with van der Waals surface area (Å²) in [5.74, 6) is 4.04. The van der Waals surface area contributed by atoms with Gasteiger partial charge in [0.15, 0.2) is 11.2 Å². The largest absolute Gasteiger partial charge is 0.493 e. The fraction of sp³-hybridized carbons (Fsp3) is 0.474. The molecule has 3 aromatic carbocycles. The SMILES string of the molecule is CCCCC(CC)COc1cc2oc(-c3ccc(-c4nc5cc(C)c(OCC(CC)CCCC)cc5o4)cc3)nc2cc1C. The van der Waals surface area contributed by atoms with Crippen LogP contribution in [-0.4, -0.2) is 23.2 Å². The normalized spacial score (nSPS) is 13.0. The van der Waals surface area contributed by atoms with Gasteiger partial charge in [0.2, 0.25) is 11.8 Å². The fourth-order valence-electron chi connectivity index (χ4n) is 5.64. The number of hydrogen-bond donors (Lipinski definition) is 0. The molecule has 0 spiro atoms. The van der Waals surface area contributed by atoms with E-state index in [1.165, 1.54) is 38.5 Å². The van der Waals surface area contributed by atoms with Crippen LogP contribution in [-0.2, 0) is 0 Å². The number of ether oxygens (including phenoxy) is 2. The van der Waals surface area contributed by atoms with E-state index in [1.54, 1.807) is 0 Å². The van der Waals surface area contributed by atoms with Crippen LogP contribution in [0.3, 0.4) is 0 Å². The Kier molecular flexibility index (Phi) is 10.6. The predicted octanol–water partition coefficient (Wildman–Crippen LogP) is 11.1. The van der Waals surface area contributed by atoms with E-state index in [9.17, 15) is 0 Å². The molecule has 0 aliphatic heterocycles. The number of fused-ring (bicyclic) bond motifs is 2. The number of aromatic nitrogens is 2. The molecular formula is C38H48N2O4. The first-order chi connectivity index (χ1) is 21.4. The maximum Gasteiger partial charge on any atom is 0.227 e. The third-order valence-electron chi connectivity index (χ3n) is 8.78. The summed E-state index contributed by atoms with van der Waals surface area (Å²) in [6.07, 6.45) is 9.57. The number of unbranched alkanes of at least 4 members (excludes halogenated alkanes) is 2. The molecule has 0 radical (unpaired) electrons. The van der Waals surface area contributed by atoms with Gasteiger partial charge in [-0.25, -0.2) is 9.97 Å². The number of hydrogen-bond acceptors (Lipinski definition) is 6. The van der Waals surface area contributed by atoms with E-state index in [0.29, 0.717) is 23.6 Å². The lowest BCUT2D eigenvalue weighted by molar-refractivity contribution is 0.232. The molecule has 0 amide bonds. The molecule has 0 N–H and O–H groups in total. The summed E-state index contributed by atoms with van der Waals surface area (Å²) < 4.78 is 24.9. The monoisotopic (exact) mass is 596 g/mol. The van der Waals surface area contributed by atoms with Crippen LogP contribution in [0.4, 0.5) is 0 Å². The van der Waals surface area contributed by atoms with Gasteiger partial charge < -0.3 is 18.3 Å². The zero-order valence-electron chi connectivity index (χ0n) is 27.4. The zero-order valence-corrected chi connectivity index (χ0v) is 27.4. The highest BCUT2D eigenvalue weighted by atomic mass is 16.5. The van der Waals surface area contributed by atoms with Gasteiger partial charge in [0.1, 0.15) is 22.5 Å². The van der Waals surface area contributed by atoms with Crippen molar-refractivity contribution in [1.29, 1.82) is 0 Å². The van der Waals surface area contributed by atoms with Crippen LogP contribution < -0.4 is 9.47 Å². The van der Waals surface area contributed by atoms with Crippen molar-refractivity contribution in [3.8, 4) is 34.4 Å². The standard InChI is InChI=1S/C38H48N2O4/c1-7-11-13-27(9-3)23-41-33-21-35-31(19-25(33)5)39-37(43-35)29-15-17-30(18-16-29)38-40-32-20-26(6)34(22-36(32)44-38)42-24-28(10-4)14-12-8-2/h15-22,27-28H,7-14,23-24H2,1-6H3. The van der Waals surface area contributed by atoms with Crippen LogP contribution >= 0.6 is 0 Å². The number of oxazole rings is 2. The Morgan fingerprint density at radius 2 is 1.02 bits per heavy atom. The van der Waals surface area contributed by atoms with Crippen LogP contribution in [0, 0.1) is 25.7 Å². The van der Waals surface area contributed by atoms with E-state index in [-0.39, 0.29) is 0 Å². The maximum absolute atomic E-state index is 6.24. The lowest BCUT2D eigenvalue weighted by atomic mass is 10.0. The van der Waals surface area contributed by atoms with Crippen molar-refractivity contribution < 1.29 is 18.3 Å². The zero-order chi connectivity index (χ0) is 31.1. The number of aryl methyl sites for hydroxylation is 2. The van der Waals surface area contributed by atoms with E-state index in [4.69, 9.17) is 28.3 Å². The van der Waals surface area contributed by atoms with Gasteiger partial charge in [-0.15, -0.1) is 0 Å². The average molecular weight is 597 g/mol. The Morgan fingerprint density at radius 1 is 0.614 bits per heavy atom. The molecule has 5 aromatic rings. The molecule has 0 aliphatic carbocycles. The van der Waals surface area contributed by atoms with Crippen molar-refractivity contribution in [2.75, 3.05) is 13.2 Å². The molecule has 6 heteroatoms. The molecule has 2 unspecified atom stereocenters. The maximum atomic E-state index is 6.24. The predicted molar refractivity (Wildman–Crippen MR) is 180 cm³/mol. The van der Waals surface area contributed by atoms with Crippen LogP contribution in [0.1, 0.15) is 90.2 Å². The molecule has 0 bridgehead atoms. The van der Waals surface area contributed by atoms with E-state index in [0.717, 1.165) is 82.0 Å². The van der Waals surface area contributed by atoms with Gasteiger partial charge in [-0.3, -0.25) is 0 Å². The quantitative estimate of drug-likeness (QED) is 0.113. The minimum Gasteiger partial charge on any atom is -0.493 e. The van der Waals surface area contributed by atoms with E-state index in [1.807, 2.05) is 48.5 Å². The molecule has 2 atom stereocenters. The molecule has 0 saturated heterocycles. The number of nitrogens with zero attached hydrogens (tertiary/aromatic N) is 2. The first kappa shape index (κ1) is 31.6. The van der Waals surface area contributed by atoms with Crippen molar-refractivity contribution in [1.82, 2.24) is 9.97 Å². The second-order valence-electron chi connectivity index (χ2n) is 12.2. The Morgan fingerprint density at radius 3 is 1.39 bits per heavy atom. The second-order valence-corrected chi connectivity index (χ2v) is 12.2. The van der Waals surface area contributed by atoms with Gasteiger partial charge in [-0.2, -0.15) is 0 Å². The molecule has 2 heterocycles. The number of benzene rings is 3. The fourth-order valence-corrected chi connectivity index (χ4v) is 5.64. The van der Waals surface area contributed by atoms with E-state index < -0.39 is 0 Å². The summed E-state index contributed by atoms with van der Waals surface area (Å²) in [5.41, 5.74) is 7.05. The highest BCUT2D eigenvalue weighted by molar-refractivity contribution is 5.81. The van der Waals surface area contributed by atoms with Crippen LogP contribution in [0.25, 0.3) is 45.1 Å². The van der Waals surface area contributed by atoms with Gasteiger partial charge >= 0.3 is 0 Å². The van der Waals surface area contributed by atoms with Crippen molar-refractivity contribution in [3.63, 3.8) is 0 Å². The van der Waals surface area contributed by atoms with Crippen molar-refractivity contribution in [3.05, 3.63) is 59.7 Å². The van der Waals surface area contributed by atoms with Crippen LogP contribution in [0.15, 0.2) is 57.4 Å². The lowest BCUT2D eigenvalue weighted by Crippen LogP contribution is -2.11. The Hall–Kier alpha value is -3.80. The summed E-state index contributed by atoms with van der Waals surface area (Å²) >= 11 is 0. The summed E-state index contributed by atoms with van der Waals surface area (Å²) in [6.45, 7) is 14.5. The third-order valence-corrected chi connectivity index (χ3v) is 8.78. The Bertz CT molecular complexity index is 1530. The highest BCUT2D eigenvalue weighted by Gasteiger charge is 2.16. The summed E-state index contributed by atoms with van der Waals surface area (Å²) in [5, 5.41) is 0. The molecule has 0 saturated carbocycles. The molecule has 5 rings (SSSR count). The van der Waals surface area contributed by atoms with Gasteiger partial charge in [-0.05, 0) is 86.1 Å². The third kappa shape index (κ3) is 7.46. The number of rotatable bonds is 16. The minimum atomic E-state index is 0.573.